The van der Waals surface area contributed by atoms with E-state index in [1.807, 2.05) is 0 Å². The molecule has 0 fully saturated rings. The summed E-state index contributed by atoms with van der Waals surface area (Å²) in [6.07, 6.45) is -14.0. The van der Waals surface area contributed by atoms with E-state index in [4.69, 9.17) is 0 Å². The third kappa shape index (κ3) is 4.17. The molecule has 0 rings (SSSR count). The monoisotopic (exact) mass is 309 g/mol. The smallest absolute Gasteiger partial charge is 0.420 e. The van der Waals surface area contributed by atoms with E-state index in [0.29, 0.717) is 0 Å². The van der Waals surface area contributed by atoms with E-state index in [0.717, 1.165) is 5.32 Å². The Balaban J connectivity index is 5.10. The van der Waals surface area contributed by atoms with Crippen LogP contribution in [0.3, 0.4) is 0 Å². The summed E-state index contributed by atoms with van der Waals surface area (Å²) < 4.78 is 79.8. The largest absolute Gasteiger partial charge is 0.446 e. The molecule has 0 unspecified atom stereocenters. The second-order valence-corrected chi connectivity index (χ2v) is 5.66. The van der Waals surface area contributed by atoms with Crippen molar-refractivity contribution in [3.8, 4) is 0 Å². The normalized spacial score (nSPS) is 15.8. The Labute approximate surface area is 112 Å². The number of halogens is 6. The maximum absolute atomic E-state index is 12.5. The Bertz CT molecular complexity index is 341. The first-order chi connectivity index (χ1) is 8.52. The number of alkyl halides is 6. The number of ether oxygens (including phenoxy) is 1. The first-order valence-electron chi connectivity index (χ1n) is 5.64. The van der Waals surface area contributed by atoms with Gasteiger partial charge >= 0.3 is 18.4 Å². The SMILES string of the molecule is C[C@@H](OC(=O)NC(C)(C(F)(F)F)C(F)(F)F)C(C)(C)C. The van der Waals surface area contributed by atoms with Gasteiger partial charge in [-0.3, -0.25) is 5.32 Å². The van der Waals surface area contributed by atoms with Gasteiger partial charge in [-0.05, 0) is 19.3 Å². The van der Waals surface area contributed by atoms with Gasteiger partial charge in [-0.25, -0.2) is 4.79 Å². The lowest BCUT2D eigenvalue weighted by Gasteiger charge is -2.35. The molecule has 0 radical (unpaired) electrons. The first kappa shape index (κ1) is 18.9. The van der Waals surface area contributed by atoms with Crippen LogP contribution in [0.25, 0.3) is 0 Å². The summed E-state index contributed by atoms with van der Waals surface area (Å²) in [5.74, 6) is 0. The van der Waals surface area contributed by atoms with Gasteiger partial charge < -0.3 is 4.74 Å². The third-order valence-corrected chi connectivity index (χ3v) is 2.99. The Kier molecular flexibility index (Phi) is 5.02. The molecule has 3 nitrogen and oxygen atoms in total. The zero-order valence-corrected chi connectivity index (χ0v) is 11.7. The van der Waals surface area contributed by atoms with Crippen molar-refractivity contribution in [3.05, 3.63) is 0 Å². The van der Waals surface area contributed by atoms with E-state index in [9.17, 15) is 31.1 Å². The quantitative estimate of drug-likeness (QED) is 0.782. The van der Waals surface area contributed by atoms with Gasteiger partial charge in [0.1, 0.15) is 6.10 Å². The van der Waals surface area contributed by atoms with Crippen molar-refractivity contribution in [2.24, 2.45) is 5.41 Å². The molecule has 0 aliphatic heterocycles. The van der Waals surface area contributed by atoms with Gasteiger partial charge in [0.2, 0.25) is 5.54 Å². The molecule has 0 heterocycles. The van der Waals surface area contributed by atoms with Crippen molar-refractivity contribution >= 4 is 6.09 Å². The molecule has 0 aromatic rings. The topological polar surface area (TPSA) is 38.3 Å². The highest BCUT2D eigenvalue weighted by atomic mass is 19.4. The highest BCUT2D eigenvalue weighted by Gasteiger charge is 2.69. The van der Waals surface area contributed by atoms with E-state index in [1.165, 1.54) is 6.92 Å². The molecule has 120 valence electrons. The number of hydrogen-bond acceptors (Lipinski definition) is 2. The van der Waals surface area contributed by atoms with Crippen LogP contribution in [-0.2, 0) is 4.74 Å². The van der Waals surface area contributed by atoms with Gasteiger partial charge in [0.05, 0.1) is 0 Å². The molecular formula is C11H17F6NO2. The van der Waals surface area contributed by atoms with Crippen LogP contribution in [0.5, 0.6) is 0 Å². The molecule has 0 aliphatic rings. The molecule has 0 aromatic carbocycles. The molecule has 9 heteroatoms. The molecule has 1 amide bonds. The van der Waals surface area contributed by atoms with Crippen LogP contribution in [0.4, 0.5) is 31.1 Å². The average molecular weight is 309 g/mol. The number of rotatable bonds is 2. The molecule has 0 saturated heterocycles. The van der Waals surface area contributed by atoms with Crippen LogP contribution in [0.2, 0.25) is 0 Å². The van der Waals surface area contributed by atoms with Gasteiger partial charge in [0.15, 0.2) is 0 Å². The number of hydrogen-bond donors (Lipinski definition) is 1. The van der Waals surface area contributed by atoms with Crippen LogP contribution in [0.15, 0.2) is 0 Å². The number of amides is 1. The Morgan fingerprint density at radius 3 is 1.55 bits per heavy atom. The van der Waals surface area contributed by atoms with Crippen LogP contribution in [0.1, 0.15) is 34.6 Å². The summed E-state index contributed by atoms with van der Waals surface area (Å²) in [6.45, 7) is 6.08. The standard InChI is InChI=1S/C11H17F6NO2/c1-6(8(2,3)4)20-7(19)18-9(5,10(12,13)14)11(15,16)17/h6H,1-5H3,(H,18,19)/t6-/m1/s1. The van der Waals surface area contributed by atoms with E-state index in [1.54, 1.807) is 20.8 Å². The molecule has 20 heavy (non-hydrogen) atoms. The Morgan fingerprint density at radius 2 is 1.30 bits per heavy atom. The van der Waals surface area contributed by atoms with Crippen molar-refractivity contribution in [2.45, 2.75) is 58.6 Å². The number of carbonyl (C=O) groups is 1. The minimum atomic E-state index is -5.70. The van der Waals surface area contributed by atoms with Crippen molar-refractivity contribution in [1.82, 2.24) is 5.32 Å². The fraction of sp³-hybridized carbons (Fsp3) is 0.909. The fourth-order valence-electron chi connectivity index (χ4n) is 0.873. The molecule has 1 atom stereocenters. The van der Waals surface area contributed by atoms with Gasteiger partial charge in [-0.1, -0.05) is 20.8 Å². The second kappa shape index (κ2) is 5.33. The summed E-state index contributed by atoms with van der Waals surface area (Å²) >= 11 is 0. The lowest BCUT2D eigenvalue weighted by molar-refractivity contribution is -0.299. The maximum Gasteiger partial charge on any atom is 0.420 e. The fourth-order valence-corrected chi connectivity index (χ4v) is 0.873. The third-order valence-electron chi connectivity index (χ3n) is 2.99. The van der Waals surface area contributed by atoms with Crippen LogP contribution < -0.4 is 5.32 Å². The number of nitrogens with one attached hydrogen (secondary N) is 1. The van der Waals surface area contributed by atoms with E-state index < -0.39 is 35.5 Å². The molecule has 0 spiro atoms. The zero-order chi connectivity index (χ0) is 16.6. The van der Waals surface area contributed by atoms with E-state index in [-0.39, 0.29) is 6.92 Å². The molecule has 1 N–H and O–H groups in total. The minimum absolute atomic E-state index is 0.157. The zero-order valence-electron chi connectivity index (χ0n) is 11.7. The molecule has 0 bridgehead atoms. The molecule has 0 saturated carbocycles. The Morgan fingerprint density at radius 1 is 0.950 bits per heavy atom. The average Bonchev–Trinajstić information content (AvgIpc) is 2.11. The van der Waals surface area contributed by atoms with Crippen molar-refractivity contribution < 1.29 is 35.9 Å². The summed E-state index contributed by atoms with van der Waals surface area (Å²) in [7, 11) is 0. The predicted octanol–water partition coefficient (Wildman–Crippen LogP) is 4.03. The van der Waals surface area contributed by atoms with Crippen molar-refractivity contribution in [1.29, 1.82) is 0 Å². The van der Waals surface area contributed by atoms with E-state index >= 15 is 0 Å². The van der Waals surface area contributed by atoms with Crippen molar-refractivity contribution in [2.75, 3.05) is 0 Å². The number of alkyl carbamates (subject to hydrolysis) is 1. The van der Waals surface area contributed by atoms with E-state index in [2.05, 4.69) is 4.74 Å². The summed E-state index contributed by atoms with van der Waals surface area (Å²) in [5.41, 5.74) is -4.99. The van der Waals surface area contributed by atoms with Gasteiger partial charge in [0.25, 0.3) is 0 Å². The number of carbonyl (C=O) groups excluding carboxylic acids is 1. The van der Waals surface area contributed by atoms with Crippen LogP contribution >= 0.6 is 0 Å². The predicted molar refractivity (Wildman–Crippen MR) is 59.0 cm³/mol. The molecular weight excluding hydrogens is 292 g/mol. The first-order valence-corrected chi connectivity index (χ1v) is 5.64. The van der Waals surface area contributed by atoms with Gasteiger partial charge in [0, 0.05) is 0 Å². The highest BCUT2D eigenvalue weighted by molar-refractivity contribution is 5.69. The summed E-state index contributed by atoms with van der Waals surface area (Å²) in [6, 6.07) is 0. The lowest BCUT2D eigenvalue weighted by Crippen LogP contribution is -2.65. The van der Waals surface area contributed by atoms with Crippen molar-refractivity contribution in [3.63, 3.8) is 0 Å². The van der Waals surface area contributed by atoms with Crippen LogP contribution in [-0.4, -0.2) is 30.1 Å². The van der Waals surface area contributed by atoms with Gasteiger partial charge in [-0.2, -0.15) is 26.3 Å². The highest BCUT2D eigenvalue weighted by Crippen LogP contribution is 2.42. The Hall–Kier alpha value is -1.15. The lowest BCUT2D eigenvalue weighted by atomic mass is 9.90. The minimum Gasteiger partial charge on any atom is -0.446 e. The summed E-state index contributed by atoms with van der Waals surface area (Å²) in [4.78, 5) is 11.3. The summed E-state index contributed by atoms with van der Waals surface area (Å²) in [5, 5.41) is 0.865. The molecule has 0 aliphatic carbocycles. The second-order valence-electron chi connectivity index (χ2n) is 5.66. The van der Waals surface area contributed by atoms with Crippen LogP contribution in [0, 0.1) is 5.41 Å². The van der Waals surface area contributed by atoms with Gasteiger partial charge in [-0.15, -0.1) is 0 Å². The maximum atomic E-state index is 12.5. The molecule has 0 aromatic heterocycles.